The van der Waals surface area contributed by atoms with Gasteiger partial charge in [0.15, 0.2) is 0 Å². The number of benzene rings is 1. The maximum Gasteiger partial charge on any atom is 0.295 e. The fourth-order valence-electron chi connectivity index (χ4n) is 1.21. The van der Waals surface area contributed by atoms with Gasteiger partial charge in [0.05, 0.1) is 6.61 Å². The molecule has 0 amide bonds. The highest BCUT2D eigenvalue weighted by molar-refractivity contribution is 7.86. The molecule has 0 spiro atoms. The first-order valence-electron chi connectivity index (χ1n) is 3.63. The van der Waals surface area contributed by atoms with E-state index < -0.39 is 16.7 Å². The zero-order chi connectivity index (χ0) is 10.1. The van der Waals surface area contributed by atoms with Crippen LogP contribution in [0.1, 0.15) is 11.1 Å². The maximum atomic E-state index is 10.9. The minimum absolute atomic E-state index is 0.197. The van der Waals surface area contributed by atoms with Crippen LogP contribution in [-0.2, 0) is 16.7 Å². The van der Waals surface area contributed by atoms with Crippen LogP contribution in [0.25, 0.3) is 0 Å². The van der Waals surface area contributed by atoms with Crippen molar-refractivity contribution in [1.29, 1.82) is 0 Å². The Kier molecular flexibility index (Phi) is 2.70. The second-order valence-electron chi connectivity index (χ2n) is 2.70. The molecule has 1 aromatic rings. The Balaban J connectivity index is 3.50. The summed E-state index contributed by atoms with van der Waals surface area (Å²) in [5, 5.41) is 8.83. The molecule has 0 bridgehead atoms. The molecule has 13 heavy (non-hydrogen) atoms. The monoisotopic (exact) mass is 202 g/mol. The summed E-state index contributed by atoms with van der Waals surface area (Å²) in [5.41, 5.74) is 0.636. The van der Waals surface area contributed by atoms with Crippen molar-refractivity contribution in [1.82, 2.24) is 0 Å². The van der Waals surface area contributed by atoms with Crippen LogP contribution in [-0.4, -0.2) is 18.1 Å². The number of rotatable bonds is 2. The molecule has 0 aliphatic rings. The number of hydrogen-bond donors (Lipinski definition) is 2. The maximum absolute atomic E-state index is 10.9. The van der Waals surface area contributed by atoms with Gasteiger partial charge in [-0.05, 0) is 18.1 Å². The highest BCUT2D eigenvalue weighted by Gasteiger charge is 2.16. The largest absolute Gasteiger partial charge is 0.392 e. The van der Waals surface area contributed by atoms with Crippen LogP contribution < -0.4 is 0 Å². The second-order valence-corrected chi connectivity index (χ2v) is 4.05. The van der Waals surface area contributed by atoms with E-state index in [9.17, 15) is 8.42 Å². The van der Waals surface area contributed by atoms with E-state index in [-0.39, 0.29) is 10.5 Å². The Bertz CT molecular complexity index is 408. The van der Waals surface area contributed by atoms with Gasteiger partial charge in [0.25, 0.3) is 10.1 Å². The van der Waals surface area contributed by atoms with Gasteiger partial charge in [-0.3, -0.25) is 4.55 Å². The number of aliphatic hydroxyl groups is 1. The number of aryl methyl sites for hydroxylation is 1. The third kappa shape index (κ3) is 2.06. The first-order valence-corrected chi connectivity index (χ1v) is 5.07. The molecule has 0 aromatic heterocycles. The quantitative estimate of drug-likeness (QED) is 0.693. The van der Waals surface area contributed by atoms with Crippen LogP contribution in [0, 0.1) is 6.92 Å². The van der Waals surface area contributed by atoms with Crippen molar-refractivity contribution in [3.63, 3.8) is 0 Å². The van der Waals surface area contributed by atoms with Gasteiger partial charge in [0, 0.05) is 0 Å². The molecule has 0 saturated heterocycles. The average Bonchev–Trinajstić information content (AvgIpc) is 2.01. The normalized spacial score (nSPS) is 11.6. The summed E-state index contributed by atoms with van der Waals surface area (Å²) < 4.78 is 30.6. The summed E-state index contributed by atoms with van der Waals surface area (Å²) in [6, 6.07) is 4.63. The second kappa shape index (κ2) is 3.45. The molecular weight excluding hydrogens is 192 g/mol. The predicted molar refractivity (Wildman–Crippen MR) is 46.9 cm³/mol. The van der Waals surface area contributed by atoms with Gasteiger partial charge < -0.3 is 5.11 Å². The van der Waals surface area contributed by atoms with Crippen molar-refractivity contribution >= 4 is 10.1 Å². The predicted octanol–water partition coefficient (Wildman–Crippen LogP) is 0.734. The summed E-state index contributed by atoms with van der Waals surface area (Å²) in [6.07, 6.45) is 0. The molecule has 0 fully saturated rings. The lowest BCUT2D eigenvalue weighted by molar-refractivity contribution is 0.277. The molecule has 2 N–H and O–H groups in total. The number of hydrogen-bond acceptors (Lipinski definition) is 3. The fourth-order valence-corrected chi connectivity index (χ4v) is 2.15. The Labute approximate surface area is 76.6 Å². The smallest absolute Gasteiger partial charge is 0.295 e. The zero-order valence-corrected chi connectivity index (χ0v) is 7.87. The van der Waals surface area contributed by atoms with Gasteiger partial charge in [0.2, 0.25) is 0 Å². The van der Waals surface area contributed by atoms with Crippen LogP contribution in [0.15, 0.2) is 23.1 Å². The van der Waals surface area contributed by atoms with E-state index in [0.29, 0.717) is 5.56 Å². The van der Waals surface area contributed by atoms with Gasteiger partial charge in [-0.15, -0.1) is 0 Å². The van der Waals surface area contributed by atoms with Crippen molar-refractivity contribution in [2.24, 2.45) is 0 Å². The summed E-state index contributed by atoms with van der Waals surface area (Å²) in [5.74, 6) is 0. The summed E-state index contributed by atoms with van der Waals surface area (Å²) in [7, 11) is -4.24. The van der Waals surface area contributed by atoms with E-state index in [0.717, 1.165) is 0 Å². The molecule has 4 nitrogen and oxygen atoms in total. The molecule has 0 atom stereocenters. The molecule has 5 heteroatoms. The van der Waals surface area contributed by atoms with Gasteiger partial charge in [-0.1, -0.05) is 18.2 Å². The first-order chi connectivity index (χ1) is 5.96. The standard InChI is InChI=1S/C8H10O4S/c1-6-3-2-4-7(5-9)8(6)13(10,11)12/h2-4,9H,5H2,1H3,(H,10,11,12). The van der Waals surface area contributed by atoms with Crippen LogP contribution in [0.2, 0.25) is 0 Å². The lowest BCUT2D eigenvalue weighted by Crippen LogP contribution is -2.05. The van der Waals surface area contributed by atoms with Crippen molar-refractivity contribution in [2.45, 2.75) is 18.4 Å². The number of aliphatic hydroxyl groups excluding tert-OH is 1. The Morgan fingerprint density at radius 1 is 1.38 bits per heavy atom. The van der Waals surface area contributed by atoms with Crippen molar-refractivity contribution < 1.29 is 18.1 Å². The summed E-state index contributed by atoms with van der Waals surface area (Å²) >= 11 is 0. The van der Waals surface area contributed by atoms with E-state index in [1.807, 2.05) is 0 Å². The topological polar surface area (TPSA) is 74.6 Å². The lowest BCUT2D eigenvalue weighted by atomic mass is 10.1. The van der Waals surface area contributed by atoms with Crippen molar-refractivity contribution in [2.75, 3.05) is 0 Å². The summed E-state index contributed by atoms with van der Waals surface area (Å²) in [6.45, 7) is 1.15. The lowest BCUT2D eigenvalue weighted by Gasteiger charge is -2.06. The van der Waals surface area contributed by atoms with Gasteiger partial charge >= 0.3 is 0 Å². The van der Waals surface area contributed by atoms with Crippen LogP contribution in [0.4, 0.5) is 0 Å². The van der Waals surface area contributed by atoms with Gasteiger partial charge in [-0.25, -0.2) is 0 Å². The Morgan fingerprint density at radius 2 is 2.00 bits per heavy atom. The highest BCUT2D eigenvalue weighted by atomic mass is 32.2. The minimum Gasteiger partial charge on any atom is -0.392 e. The third-order valence-electron chi connectivity index (χ3n) is 1.72. The van der Waals surface area contributed by atoms with Crippen LogP contribution in [0.3, 0.4) is 0 Å². The molecule has 0 unspecified atom stereocenters. The van der Waals surface area contributed by atoms with E-state index in [1.54, 1.807) is 19.1 Å². The van der Waals surface area contributed by atoms with Gasteiger partial charge in [0.1, 0.15) is 4.90 Å². The molecule has 0 heterocycles. The molecule has 0 aliphatic heterocycles. The van der Waals surface area contributed by atoms with E-state index in [1.165, 1.54) is 6.07 Å². The Hall–Kier alpha value is -0.910. The van der Waals surface area contributed by atoms with Crippen molar-refractivity contribution in [3.05, 3.63) is 29.3 Å². The van der Waals surface area contributed by atoms with Crippen LogP contribution in [0.5, 0.6) is 0 Å². The molecule has 1 aromatic carbocycles. The SMILES string of the molecule is Cc1cccc(CO)c1S(=O)(=O)O. The van der Waals surface area contributed by atoms with Crippen molar-refractivity contribution in [3.8, 4) is 0 Å². The van der Waals surface area contributed by atoms with Gasteiger partial charge in [-0.2, -0.15) is 8.42 Å². The molecule has 0 aliphatic carbocycles. The zero-order valence-electron chi connectivity index (χ0n) is 7.06. The van der Waals surface area contributed by atoms with Crippen LogP contribution >= 0.6 is 0 Å². The Morgan fingerprint density at radius 3 is 2.38 bits per heavy atom. The molecule has 0 saturated carbocycles. The van der Waals surface area contributed by atoms with E-state index in [2.05, 4.69) is 0 Å². The highest BCUT2D eigenvalue weighted by Crippen LogP contribution is 2.19. The molecule has 72 valence electrons. The van der Waals surface area contributed by atoms with E-state index in [4.69, 9.17) is 9.66 Å². The van der Waals surface area contributed by atoms with E-state index >= 15 is 0 Å². The average molecular weight is 202 g/mol. The molecule has 1 rings (SSSR count). The third-order valence-corrected chi connectivity index (χ3v) is 2.82. The minimum atomic E-state index is -4.24. The fraction of sp³-hybridized carbons (Fsp3) is 0.250. The molecule has 0 radical (unpaired) electrons. The first kappa shape index (κ1) is 10.2. The molecular formula is C8H10O4S. The summed E-state index contributed by atoms with van der Waals surface area (Å²) in [4.78, 5) is -0.197.